The molecule has 0 unspecified atom stereocenters. The van der Waals surface area contributed by atoms with Crippen LogP contribution in [0.3, 0.4) is 0 Å². The van der Waals surface area contributed by atoms with Gasteiger partial charge in [0.05, 0.1) is 24.6 Å². The summed E-state index contributed by atoms with van der Waals surface area (Å²) in [7, 11) is 0. The van der Waals surface area contributed by atoms with Crippen molar-refractivity contribution in [3.63, 3.8) is 0 Å². The monoisotopic (exact) mass is 238 g/mol. The number of carboxylic acid groups (broad SMARTS) is 1. The number of carbonyl (C=O) groups excluding carboxylic acids is 1. The highest BCUT2D eigenvalue weighted by atomic mass is 16.5. The Hall–Kier alpha value is -1.85. The summed E-state index contributed by atoms with van der Waals surface area (Å²) in [6.07, 6.45) is 3.50. The second-order valence-electron chi connectivity index (χ2n) is 4.18. The van der Waals surface area contributed by atoms with E-state index in [1.165, 1.54) is 6.20 Å². The second kappa shape index (κ2) is 4.99. The number of nitrogens with one attached hydrogen (secondary N) is 1. The van der Waals surface area contributed by atoms with Crippen molar-refractivity contribution in [1.29, 1.82) is 0 Å². The number of amides is 1. The fourth-order valence-electron chi connectivity index (χ4n) is 2.21. The third kappa shape index (κ3) is 2.64. The number of hydrogen-bond donors (Lipinski definition) is 2. The van der Waals surface area contributed by atoms with Crippen LogP contribution in [0.25, 0.3) is 0 Å². The summed E-state index contributed by atoms with van der Waals surface area (Å²) in [5.41, 5.74) is 0. The molecule has 0 spiro atoms. The molecular formula is C11H14N2O4. The molecular weight excluding hydrogens is 224 g/mol. The first-order valence-corrected chi connectivity index (χ1v) is 5.58. The Bertz CT molecular complexity index is 402. The summed E-state index contributed by atoms with van der Waals surface area (Å²) < 4.78 is 4.84. The van der Waals surface area contributed by atoms with Crippen molar-refractivity contribution in [2.45, 2.75) is 25.8 Å². The van der Waals surface area contributed by atoms with E-state index in [-0.39, 0.29) is 12.5 Å². The van der Waals surface area contributed by atoms with Crippen molar-refractivity contribution < 1.29 is 19.2 Å². The van der Waals surface area contributed by atoms with Crippen LogP contribution < -0.4 is 5.32 Å². The molecule has 1 fully saturated rings. The highest BCUT2D eigenvalue weighted by molar-refractivity contribution is 5.85. The molecule has 1 amide bonds. The number of hydrogen-bond acceptors (Lipinski definition) is 4. The van der Waals surface area contributed by atoms with Crippen LogP contribution in [-0.4, -0.2) is 22.1 Å². The van der Waals surface area contributed by atoms with Crippen LogP contribution in [0.2, 0.25) is 0 Å². The van der Waals surface area contributed by atoms with Crippen molar-refractivity contribution in [3.05, 3.63) is 18.0 Å². The van der Waals surface area contributed by atoms with Crippen LogP contribution in [0, 0.1) is 11.8 Å². The zero-order valence-electron chi connectivity index (χ0n) is 9.26. The average molecular weight is 238 g/mol. The molecule has 0 saturated heterocycles. The Labute approximate surface area is 98.0 Å². The van der Waals surface area contributed by atoms with Crippen molar-refractivity contribution >= 4 is 11.9 Å². The summed E-state index contributed by atoms with van der Waals surface area (Å²) in [5.74, 6) is -1.52. The zero-order valence-corrected chi connectivity index (χ0v) is 9.26. The van der Waals surface area contributed by atoms with E-state index in [0.29, 0.717) is 18.6 Å². The van der Waals surface area contributed by atoms with Gasteiger partial charge in [-0.3, -0.25) is 9.59 Å². The molecule has 0 aliphatic heterocycles. The third-order valence-corrected chi connectivity index (χ3v) is 3.10. The Kier molecular flexibility index (Phi) is 3.41. The Morgan fingerprint density at radius 1 is 1.47 bits per heavy atom. The van der Waals surface area contributed by atoms with Crippen LogP contribution in [0.1, 0.15) is 25.0 Å². The molecule has 6 heteroatoms. The van der Waals surface area contributed by atoms with Gasteiger partial charge in [0.25, 0.3) is 0 Å². The van der Waals surface area contributed by atoms with Gasteiger partial charge < -0.3 is 14.9 Å². The number of aromatic nitrogens is 1. The van der Waals surface area contributed by atoms with Gasteiger partial charge in [-0.25, -0.2) is 0 Å². The van der Waals surface area contributed by atoms with Crippen molar-refractivity contribution in [2.24, 2.45) is 11.8 Å². The van der Waals surface area contributed by atoms with Gasteiger partial charge in [0.15, 0.2) is 5.76 Å². The van der Waals surface area contributed by atoms with Crippen molar-refractivity contribution in [3.8, 4) is 0 Å². The lowest BCUT2D eigenvalue weighted by atomic mass is 9.95. The van der Waals surface area contributed by atoms with E-state index in [9.17, 15) is 9.59 Å². The molecule has 6 nitrogen and oxygen atoms in total. The zero-order chi connectivity index (χ0) is 12.3. The van der Waals surface area contributed by atoms with Crippen LogP contribution in [0.5, 0.6) is 0 Å². The van der Waals surface area contributed by atoms with Crippen LogP contribution in [0.4, 0.5) is 0 Å². The van der Waals surface area contributed by atoms with E-state index in [1.807, 2.05) is 0 Å². The van der Waals surface area contributed by atoms with Gasteiger partial charge in [0.1, 0.15) is 0 Å². The minimum absolute atomic E-state index is 0.216. The third-order valence-electron chi connectivity index (χ3n) is 3.10. The molecule has 0 radical (unpaired) electrons. The van der Waals surface area contributed by atoms with Crippen molar-refractivity contribution in [2.75, 3.05) is 0 Å². The summed E-state index contributed by atoms with van der Waals surface area (Å²) >= 11 is 0. The fourth-order valence-corrected chi connectivity index (χ4v) is 2.21. The summed E-state index contributed by atoms with van der Waals surface area (Å²) in [6, 6.07) is 1.66. The Balaban J connectivity index is 1.89. The van der Waals surface area contributed by atoms with Gasteiger partial charge in [-0.15, -0.1) is 0 Å². The lowest BCUT2D eigenvalue weighted by Crippen LogP contribution is -2.34. The largest absolute Gasteiger partial charge is 0.481 e. The normalized spacial score (nSPS) is 23.5. The molecule has 1 saturated carbocycles. The van der Waals surface area contributed by atoms with Crippen molar-refractivity contribution in [1.82, 2.24) is 10.5 Å². The minimum Gasteiger partial charge on any atom is -0.481 e. The molecule has 2 rings (SSSR count). The molecule has 1 aromatic rings. The maximum atomic E-state index is 11.8. The Morgan fingerprint density at radius 3 is 2.88 bits per heavy atom. The fraction of sp³-hybridized carbons (Fsp3) is 0.545. The lowest BCUT2D eigenvalue weighted by Gasteiger charge is -2.14. The lowest BCUT2D eigenvalue weighted by molar-refractivity contribution is -0.146. The standard InChI is InChI=1S/C11H14N2O4/c14-10(12-6-7-4-5-13-17-7)8-2-1-3-9(8)11(15)16/h4-5,8-9H,1-3,6H2,(H,12,14)(H,15,16)/t8-,9+/m1/s1. The first-order valence-electron chi connectivity index (χ1n) is 5.58. The molecule has 0 bridgehead atoms. The molecule has 1 heterocycles. The van der Waals surface area contributed by atoms with Gasteiger partial charge in [0.2, 0.25) is 5.91 Å². The van der Waals surface area contributed by atoms with E-state index in [0.717, 1.165) is 6.42 Å². The highest BCUT2D eigenvalue weighted by Gasteiger charge is 2.37. The van der Waals surface area contributed by atoms with Crippen LogP contribution >= 0.6 is 0 Å². The van der Waals surface area contributed by atoms with E-state index in [1.54, 1.807) is 6.07 Å². The molecule has 1 aromatic heterocycles. The van der Waals surface area contributed by atoms with Gasteiger partial charge in [0, 0.05) is 6.07 Å². The number of carboxylic acids is 1. The van der Waals surface area contributed by atoms with Crippen LogP contribution in [-0.2, 0) is 16.1 Å². The molecule has 0 aromatic carbocycles. The Morgan fingerprint density at radius 2 is 2.24 bits per heavy atom. The van der Waals surface area contributed by atoms with E-state index < -0.39 is 17.8 Å². The van der Waals surface area contributed by atoms with Gasteiger partial charge >= 0.3 is 5.97 Å². The molecule has 1 aliphatic carbocycles. The van der Waals surface area contributed by atoms with Crippen LogP contribution in [0.15, 0.2) is 16.8 Å². The predicted molar refractivity (Wildman–Crippen MR) is 56.8 cm³/mol. The topological polar surface area (TPSA) is 92.4 Å². The first-order chi connectivity index (χ1) is 8.18. The summed E-state index contributed by atoms with van der Waals surface area (Å²) in [5, 5.41) is 15.2. The smallest absolute Gasteiger partial charge is 0.307 e. The molecule has 2 N–H and O–H groups in total. The predicted octanol–water partition coefficient (Wildman–Crippen LogP) is 0.792. The molecule has 2 atom stereocenters. The van der Waals surface area contributed by atoms with Gasteiger partial charge in [-0.05, 0) is 12.8 Å². The highest BCUT2D eigenvalue weighted by Crippen LogP contribution is 2.32. The quantitative estimate of drug-likeness (QED) is 0.809. The number of carbonyl (C=O) groups is 2. The SMILES string of the molecule is O=C(O)[C@H]1CCC[C@H]1C(=O)NCc1ccno1. The maximum absolute atomic E-state index is 11.8. The number of rotatable bonds is 4. The minimum atomic E-state index is -0.887. The number of aliphatic carboxylic acids is 1. The molecule has 17 heavy (non-hydrogen) atoms. The maximum Gasteiger partial charge on any atom is 0.307 e. The average Bonchev–Trinajstić information content (AvgIpc) is 2.96. The first kappa shape index (κ1) is 11.6. The second-order valence-corrected chi connectivity index (χ2v) is 4.18. The summed E-state index contributed by atoms with van der Waals surface area (Å²) in [4.78, 5) is 22.8. The van der Waals surface area contributed by atoms with E-state index in [4.69, 9.17) is 9.63 Å². The molecule has 92 valence electrons. The van der Waals surface area contributed by atoms with E-state index in [2.05, 4.69) is 10.5 Å². The van der Waals surface area contributed by atoms with E-state index >= 15 is 0 Å². The molecule has 1 aliphatic rings. The van der Waals surface area contributed by atoms with Gasteiger partial charge in [-0.1, -0.05) is 11.6 Å². The summed E-state index contributed by atoms with van der Waals surface area (Å²) in [6.45, 7) is 0.252. The van der Waals surface area contributed by atoms with Gasteiger partial charge in [-0.2, -0.15) is 0 Å². The number of nitrogens with zero attached hydrogens (tertiary/aromatic N) is 1.